The zero-order chi connectivity index (χ0) is 18.2. The number of hydrogen-bond donors (Lipinski definition) is 1. The maximum atomic E-state index is 12.1. The molecule has 0 aromatic heterocycles. The Morgan fingerprint density at radius 2 is 1.80 bits per heavy atom. The molecule has 4 heteroatoms. The number of carbonyl (C=O) groups is 2. The highest BCUT2D eigenvalue weighted by molar-refractivity contribution is 5.78. The van der Waals surface area contributed by atoms with E-state index in [-0.39, 0.29) is 17.9 Å². The van der Waals surface area contributed by atoms with E-state index < -0.39 is 0 Å². The fraction of sp³-hybridized carbons (Fsp3) is 0.333. The fourth-order valence-corrected chi connectivity index (χ4v) is 2.92. The lowest BCUT2D eigenvalue weighted by atomic mass is 10.1. The van der Waals surface area contributed by atoms with Gasteiger partial charge in [0.1, 0.15) is 0 Å². The predicted molar refractivity (Wildman–Crippen MR) is 100 cm³/mol. The summed E-state index contributed by atoms with van der Waals surface area (Å²) in [4.78, 5) is 25.9. The SMILES string of the molecule is CC(=O)N(CCNC(=O)Cc1cccc(C)c1)C(C)c1ccccc1. The van der Waals surface area contributed by atoms with Gasteiger partial charge in [0, 0.05) is 20.0 Å². The number of carbonyl (C=O) groups excluding carboxylic acids is 2. The van der Waals surface area contributed by atoms with Crippen LogP contribution in [0.15, 0.2) is 54.6 Å². The summed E-state index contributed by atoms with van der Waals surface area (Å²) in [7, 11) is 0. The van der Waals surface area contributed by atoms with E-state index in [1.54, 1.807) is 11.8 Å². The largest absolute Gasteiger partial charge is 0.354 e. The van der Waals surface area contributed by atoms with Gasteiger partial charge in [-0.05, 0) is 25.0 Å². The van der Waals surface area contributed by atoms with Crippen LogP contribution < -0.4 is 5.32 Å². The Morgan fingerprint density at radius 3 is 2.44 bits per heavy atom. The molecule has 0 radical (unpaired) electrons. The van der Waals surface area contributed by atoms with E-state index >= 15 is 0 Å². The molecule has 1 unspecified atom stereocenters. The van der Waals surface area contributed by atoms with E-state index in [1.807, 2.05) is 68.4 Å². The van der Waals surface area contributed by atoms with Gasteiger partial charge in [0.25, 0.3) is 0 Å². The van der Waals surface area contributed by atoms with Crippen molar-refractivity contribution in [2.75, 3.05) is 13.1 Å². The summed E-state index contributed by atoms with van der Waals surface area (Å²) in [6.45, 7) is 6.52. The van der Waals surface area contributed by atoms with Crippen LogP contribution in [0.25, 0.3) is 0 Å². The van der Waals surface area contributed by atoms with E-state index in [4.69, 9.17) is 0 Å². The highest BCUT2D eigenvalue weighted by Gasteiger charge is 2.18. The van der Waals surface area contributed by atoms with Crippen molar-refractivity contribution in [2.45, 2.75) is 33.2 Å². The molecule has 2 aromatic carbocycles. The molecule has 132 valence electrons. The summed E-state index contributed by atoms with van der Waals surface area (Å²) in [6, 6.07) is 17.8. The van der Waals surface area contributed by atoms with Crippen molar-refractivity contribution in [2.24, 2.45) is 0 Å². The molecule has 2 amide bonds. The van der Waals surface area contributed by atoms with Gasteiger partial charge in [0.15, 0.2) is 0 Å². The summed E-state index contributed by atoms with van der Waals surface area (Å²) < 4.78 is 0. The Bertz CT molecular complexity index is 713. The van der Waals surface area contributed by atoms with Crippen molar-refractivity contribution >= 4 is 11.8 Å². The number of nitrogens with zero attached hydrogens (tertiary/aromatic N) is 1. The Hall–Kier alpha value is -2.62. The van der Waals surface area contributed by atoms with Crippen molar-refractivity contribution in [1.82, 2.24) is 10.2 Å². The van der Waals surface area contributed by atoms with Crippen LogP contribution in [0.1, 0.15) is 36.6 Å². The molecular weight excluding hydrogens is 312 g/mol. The van der Waals surface area contributed by atoms with Gasteiger partial charge in [-0.25, -0.2) is 0 Å². The molecule has 0 saturated heterocycles. The minimum absolute atomic E-state index is 0.00397. The van der Waals surface area contributed by atoms with Gasteiger partial charge in [-0.2, -0.15) is 0 Å². The van der Waals surface area contributed by atoms with Gasteiger partial charge in [0.05, 0.1) is 12.5 Å². The van der Waals surface area contributed by atoms with Crippen LogP contribution in [0.2, 0.25) is 0 Å². The van der Waals surface area contributed by atoms with Gasteiger partial charge in [-0.3, -0.25) is 9.59 Å². The number of nitrogens with one attached hydrogen (secondary N) is 1. The molecule has 0 spiro atoms. The molecular formula is C21H26N2O2. The molecule has 0 aliphatic rings. The first-order chi connectivity index (χ1) is 12.0. The van der Waals surface area contributed by atoms with Crippen LogP contribution in [-0.2, 0) is 16.0 Å². The van der Waals surface area contributed by atoms with Crippen LogP contribution in [-0.4, -0.2) is 29.8 Å². The maximum Gasteiger partial charge on any atom is 0.224 e. The zero-order valence-corrected chi connectivity index (χ0v) is 15.2. The molecule has 0 heterocycles. The van der Waals surface area contributed by atoms with E-state index in [0.29, 0.717) is 19.5 Å². The lowest BCUT2D eigenvalue weighted by Gasteiger charge is -2.28. The topological polar surface area (TPSA) is 49.4 Å². The Labute approximate surface area is 149 Å². The smallest absolute Gasteiger partial charge is 0.224 e. The first-order valence-corrected chi connectivity index (χ1v) is 8.62. The summed E-state index contributed by atoms with van der Waals surface area (Å²) in [6.07, 6.45) is 0.357. The van der Waals surface area contributed by atoms with Crippen molar-refractivity contribution in [3.05, 3.63) is 71.3 Å². The van der Waals surface area contributed by atoms with E-state index in [9.17, 15) is 9.59 Å². The molecule has 0 aliphatic carbocycles. The van der Waals surface area contributed by atoms with Crippen molar-refractivity contribution in [1.29, 1.82) is 0 Å². The molecule has 2 rings (SSSR count). The van der Waals surface area contributed by atoms with Crippen LogP contribution in [0.5, 0.6) is 0 Å². The highest BCUT2D eigenvalue weighted by atomic mass is 16.2. The molecule has 25 heavy (non-hydrogen) atoms. The Morgan fingerprint density at radius 1 is 1.08 bits per heavy atom. The van der Waals surface area contributed by atoms with Gasteiger partial charge in [0.2, 0.25) is 11.8 Å². The summed E-state index contributed by atoms with van der Waals surface area (Å²) in [5.74, 6) is -0.0225. The highest BCUT2D eigenvalue weighted by Crippen LogP contribution is 2.19. The molecule has 0 bridgehead atoms. The van der Waals surface area contributed by atoms with Crippen LogP contribution in [0.4, 0.5) is 0 Å². The number of benzene rings is 2. The molecule has 1 N–H and O–H groups in total. The summed E-state index contributed by atoms with van der Waals surface area (Å²) in [5.41, 5.74) is 3.23. The second-order valence-corrected chi connectivity index (χ2v) is 6.31. The molecule has 2 aromatic rings. The van der Waals surface area contributed by atoms with Gasteiger partial charge >= 0.3 is 0 Å². The van der Waals surface area contributed by atoms with E-state index in [1.165, 1.54) is 0 Å². The van der Waals surface area contributed by atoms with Gasteiger partial charge < -0.3 is 10.2 Å². The second-order valence-electron chi connectivity index (χ2n) is 6.31. The van der Waals surface area contributed by atoms with Crippen molar-refractivity contribution in [3.8, 4) is 0 Å². The minimum Gasteiger partial charge on any atom is -0.354 e. The molecule has 0 saturated carbocycles. The van der Waals surface area contributed by atoms with Crippen molar-refractivity contribution < 1.29 is 9.59 Å². The number of hydrogen-bond acceptors (Lipinski definition) is 2. The molecule has 4 nitrogen and oxygen atoms in total. The average molecular weight is 338 g/mol. The Balaban J connectivity index is 1.87. The number of rotatable bonds is 7. The summed E-state index contributed by atoms with van der Waals surface area (Å²) >= 11 is 0. The van der Waals surface area contributed by atoms with Crippen molar-refractivity contribution in [3.63, 3.8) is 0 Å². The van der Waals surface area contributed by atoms with Gasteiger partial charge in [-0.15, -0.1) is 0 Å². The third-order valence-electron chi connectivity index (χ3n) is 4.28. The van der Waals surface area contributed by atoms with Crippen LogP contribution >= 0.6 is 0 Å². The van der Waals surface area contributed by atoms with E-state index in [2.05, 4.69) is 5.32 Å². The molecule has 1 atom stereocenters. The van der Waals surface area contributed by atoms with Crippen LogP contribution in [0.3, 0.4) is 0 Å². The number of amides is 2. The quantitative estimate of drug-likeness (QED) is 0.842. The second kappa shape index (κ2) is 9.02. The standard InChI is InChI=1S/C21H26N2O2/c1-16-8-7-9-19(14-16)15-21(25)22-12-13-23(18(3)24)17(2)20-10-5-4-6-11-20/h4-11,14,17H,12-13,15H2,1-3H3,(H,22,25). The predicted octanol–water partition coefficient (Wildman–Crippen LogP) is 3.26. The number of aryl methyl sites for hydroxylation is 1. The van der Waals surface area contributed by atoms with E-state index in [0.717, 1.165) is 16.7 Å². The third-order valence-corrected chi connectivity index (χ3v) is 4.28. The monoisotopic (exact) mass is 338 g/mol. The minimum atomic E-state index is -0.0264. The third kappa shape index (κ3) is 5.75. The lowest BCUT2D eigenvalue weighted by molar-refractivity contribution is -0.131. The fourth-order valence-electron chi connectivity index (χ4n) is 2.92. The van der Waals surface area contributed by atoms with Gasteiger partial charge in [-0.1, -0.05) is 60.2 Å². The summed E-state index contributed by atoms with van der Waals surface area (Å²) in [5, 5.41) is 2.91. The zero-order valence-electron chi connectivity index (χ0n) is 15.2. The lowest BCUT2D eigenvalue weighted by Crippen LogP contribution is -2.39. The first kappa shape index (κ1) is 18.7. The van der Waals surface area contributed by atoms with Crippen LogP contribution in [0, 0.1) is 6.92 Å². The maximum absolute atomic E-state index is 12.1. The molecule has 0 fully saturated rings. The Kier molecular flexibility index (Phi) is 6.75. The average Bonchev–Trinajstić information content (AvgIpc) is 2.58. The first-order valence-electron chi connectivity index (χ1n) is 8.62. The molecule has 0 aliphatic heterocycles. The normalized spacial score (nSPS) is 11.6.